The SMILES string of the molecule is Cc1cc(I)ccc1NC(=S)NC(=O)Cc1ccc(Cl)cc1. The molecule has 2 rings (SSSR count). The van der Waals surface area contributed by atoms with Crippen molar-refractivity contribution in [3.05, 3.63) is 62.2 Å². The number of thiocarbonyl (C=S) groups is 1. The first-order chi connectivity index (χ1) is 10.4. The summed E-state index contributed by atoms with van der Waals surface area (Å²) in [5.74, 6) is -0.164. The summed E-state index contributed by atoms with van der Waals surface area (Å²) in [6, 6.07) is 13.1. The van der Waals surface area contributed by atoms with Crippen molar-refractivity contribution in [1.29, 1.82) is 0 Å². The lowest BCUT2D eigenvalue weighted by Crippen LogP contribution is -2.35. The van der Waals surface area contributed by atoms with E-state index < -0.39 is 0 Å². The minimum atomic E-state index is -0.164. The molecule has 0 heterocycles. The third kappa shape index (κ3) is 5.23. The average Bonchev–Trinajstić information content (AvgIpc) is 2.44. The molecule has 0 aromatic heterocycles. The van der Waals surface area contributed by atoms with Crippen LogP contribution in [0.3, 0.4) is 0 Å². The smallest absolute Gasteiger partial charge is 0.230 e. The van der Waals surface area contributed by atoms with Gasteiger partial charge in [-0.25, -0.2) is 0 Å². The zero-order valence-corrected chi connectivity index (χ0v) is 15.6. The van der Waals surface area contributed by atoms with Crippen LogP contribution in [0.1, 0.15) is 11.1 Å². The van der Waals surface area contributed by atoms with Gasteiger partial charge in [0, 0.05) is 14.3 Å². The summed E-state index contributed by atoms with van der Waals surface area (Å²) >= 11 is 13.2. The van der Waals surface area contributed by atoms with E-state index in [9.17, 15) is 4.79 Å². The first kappa shape index (κ1) is 17.2. The zero-order valence-electron chi connectivity index (χ0n) is 11.8. The molecular formula is C16H14ClIN2OS. The van der Waals surface area contributed by atoms with Crippen LogP contribution in [0.25, 0.3) is 0 Å². The normalized spacial score (nSPS) is 10.1. The van der Waals surface area contributed by atoms with Gasteiger partial charge >= 0.3 is 0 Å². The van der Waals surface area contributed by atoms with Gasteiger partial charge in [-0.15, -0.1) is 0 Å². The number of carbonyl (C=O) groups excluding carboxylic acids is 1. The van der Waals surface area contributed by atoms with Crippen molar-refractivity contribution < 1.29 is 4.79 Å². The molecule has 6 heteroatoms. The van der Waals surface area contributed by atoms with Crippen molar-refractivity contribution >= 4 is 63.1 Å². The van der Waals surface area contributed by atoms with Gasteiger partial charge in [0.05, 0.1) is 6.42 Å². The van der Waals surface area contributed by atoms with Crippen LogP contribution in [0.5, 0.6) is 0 Å². The van der Waals surface area contributed by atoms with Gasteiger partial charge < -0.3 is 10.6 Å². The fourth-order valence-electron chi connectivity index (χ4n) is 1.88. The van der Waals surface area contributed by atoms with E-state index >= 15 is 0 Å². The third-order valence-electron chi connectivity index (χ3n) is 2.97. The summed E-state index contributed by atoms with van der Waals surface area (Å²) < 4.78 is 1.15. The Morgan fingerprint density at radius 2 is 1.91 bits per heavy atom. The zero-order chi connectivity index (χ0) is 16.1. The first-order valence-corrected chi connectivity index (χ1v) is 8.42. The number of hydrogen-bond acceptors (Lipinski definition) is 2. The quantitative estimate of drug-likeness (QED) is 0.548. The molecule has 22 heavy (non-hydrogen) atoms. The van der Waals surface area contributed by atoms with Gasteiger partial charge in [0.25, 0.3) is 0 Å². The van der Waals surface area contributed by atoms with Gasteiger partial charge in [0.1, 0.15) is 0 Å². The van der Waals surface area contributed by atoms with Crippen molar-refractivity contribution in [1.82, 2.24) is 5.32 Å². The van der Waals surface area contributed by atoms with Crippen molar-refractivity contribution in [2.75, 3.05) is 5.32 Å². The van der Waals surface area contributed by atoms with Gasteiger partial charge in [0.2, 0.25) is 5.91 Å². The van der Waals surface area contributed by atoms with E-state index in [1.54, 1.807) is 12.1 Å². The number of benzene rings is 2. The molecule has 0 radical (unpaired) electrons. The molecule has 3 nitrogen and oxygen atoms in total. The lowest BCUT2D eigenvalue weighted by atomic mass is 10.1. The van der Waals surface area contributed by atoms with E-state index in [-0.39, 0.29) is 12.3 Å². The Morgan fingerprint density at radius 1 is 1.23 bits per heavy atom. The molecule has 0 saturated heterocycles. The summed E-state index contributed by atoms with van der Waals surface area (Å²) in [4.78, 5) is 12.0. The number of amides is 1. The predicted molar refractivity (Wildman–Crippen MR) is 103 cm³/mol. The third-order valence-corrected chi connectivity index (χ3v) is 4.09. The Bertz CT molecular complexity index is 704. The number of anilines is 1. The van der Waals surface area contributed by atoms with Gasteiger partial charge in [-0.05, 0) is 83.2 Å². The molecule has 2 N–H and O–H groups in total. The highest BCUT2D eigenvalue weighted by Gasteiger charge is 2.07. The highest BCUT2D eigenvalue weighted by molar-refractivity contribution is 14.1. The van der Waals surface area contributed by atoms with Crippen LogP contribution in [-0.4, -0.2) is 11.0 Å². The van der Waals surface area contributed by atoms with Crippen LogP contribution in [0.15, 0.2) is 42.5 Å². The molecule has 0 spiro atoms. The van der Waals surface area contributed by atoms with Crippen molar-refractivity contribution in [3.63, 3.8) is 0 Å². The Balaban J connectivity index is 1.91. The molecule has 0 fully saturated rings. The summed E-state index contributed by atoms with van der Waals surface area (Å²) in [6.07, 6.45) is 0.255. The Kier molecular flexibility index (Phi) is 6.16. The largest absolute Gasteiger partial charge is 0.332 e. The minimum Gasteiger partial charge on any atom is -0.332 e. The van der Waals surface area contributed by atoms with Gasteiger partial charge in [-0.1, -0.05) is 23.7 Å². The Hall–Kier alpha value is -1.18. The van der Waals surface area contributed by atoms with Crippen molar-refractivity contribution in [3.8, 4) is 0 Å². The lowest BCUT2D eigenvalue weighted by Gasteiger charge is -2.12. The number of nitrogens with one attached hydrogen (secondary N) is 2. The highest BCUT2D eigenvalue weighted by Crippen LogP contribution is 2.17. The van der Waals surface area contributed by atoms with Crippen molar-refractivity contribution in [2.24, 2.45) is 0 Å². The molecule has 0 bridgehead atoms. The maximum Gasteiger partial charge on any atom is 0.230 e. The molecule has 2 aromatic rings. The number of rotatable bonds is 3. The summed E-state index contributed by atoms with van der Waals surface area (Å²) in [5.41, 5.74) is 2.84. The second-order valence-electron chi connectivity index (χ2n) is 4.76. The van der Waals surface area contributed by atoms with Crippen LogP contribution < -0.4 is 10.6 Å². The van der Waals surface area contributed by atoms with E-state index in [2.05, 4.69) is 33.2 Å². The molecular weight excluding hydrogens is 431 g/mol. The average molecular weight is 445 g/mol. The Morgan fingerprint density at radius 3 is 2.55 bits per heavy atom. The van der Waals surface area contributed by atoms with Gasteiger partial charge in [0.15, 0.2) is 5.11 Å². The minimum absolute atomic E-state index is 0.164. The fraction of sp³-hybridized carbons (Fsp3) is 0.125. The second kappa shape index (κ2) is 7.89. The maximum absolute atomic E-state index is 12.0. The van der Waals surface area contributed by atoms with Crippen LogP contribution in [0, 0.1) is 10.5 Å². The number of carbonyl (C=O) groups is 1. The number of hydrogen-bond donors (Lipinski definition) is 2. The lowest BCUT2D eigenvalue weighted by molar-refractivity contribution is -0.119. The van der Waals surface area contributed by atoms with Crippen molar-refractivity contribution in [2.45, 2.75) is 13.3 Å². The van der Waals surface area contributed by atoms with Gasteiger partial charge in [-0.2, -0.15) is 0 Å². The standard InChI is InChI=1S/C16H14ClIN2OS/c1-10-8-13(18)6-7-14(10)19-16(22)20-15(21)9-11-2-4-12(17)5-3-11/h2-8H,9H2,1H3,(H2,19,20,21,22). The van der Waals surface area contributed by atoms with E-state index in [0.717, 1.165) is 20.4 Å². The molecule has 114 valence electrons. The predicted octanol–water partition coefficient (Wildman–Crippen LogP) is 4.31. The summed E-state index contributed by atoms with van der Waals surface area (Å²) in [7, 11) is 0. The molecule has 0 aliphatic carbocycles. The van der Waals surface area contributed by atoms with Crippen LogP contribution in [0.2, 0.25) is 5.02 Å². The number of halogens is 2. The molecule has 1 amide bonds. The topological polar surface area (TPSA) is 41.1 Å². The van der Waals surface area contributed by atoms with E-state index in [0.29, 0.717) is 10.1 Å². The van der Waals surface area contributed by atoms with E-state index in [1.807, 2.05) is 37.3 Å². The monoisotopic (exact) mass is 444 g/mol. The maximum atomic E-state index is 12.0. The van der Waals surface area contributed by atoms with Crippen LogP contribution in [0.4, 0.5) is 5.69 Å². The van der Waals surface area contributed by atoms with Crippen LogP contribution in [-0.2, 0) is 11.2 Å². The first-order valence-electron chi connectivity index (χ1n) is 6.55. The number of aryl methyl sites for hydroxylation is 1. The molecule has 0 saturated carbocycles. The summed E-state index contributed by atoms with van der Waals surface area (Å²) in [6.45, 7) is 1.99. The Labute approximate surface area is 153 Å². The molecule has 0 aliphatic heterocycles. The highest BCUT2D eigenvalue weighted by atomic mass is 127. The van der Waals surface area contributed by atoms with Crippen LogP contribution >= 0.6 is 46.4 Å². The summed E-state index contributed by atoms with van der Waals surface area (Å²) in [5, 5.41) is 6.66. The molecule has 0 atom stereocenters. The van der Waals surface area contributed by atoms with E-state index in [1.165, 1.54) is 0 Å². The second-order valence-corrected chi connectivity index (χ2v) is 6.86. The molecule has 2 aromatic carbocycles. The molecule has 0 aliphatic rings. The van der Waals surface area contributed by atoms with Gasteiger partial charge in [-0.3, -0.25) is 4.79 Å². The fourth-order valence-corrected chi connectivity index (χ4v) is 2.88. The van der Waals surface area contributed by atoms with E-state index in [4.69, 9.17) is 23.8 Å². The molecule has 0 unspecified atom stereocenters.